The minimum atomic E-state index is -2.82. The summed E-state index contributed by atoms with van der Waals surface area (Å²) >= 11 is 0. The molecule has 1 rings (SSSR count). The third kappa shape index (κ3) is 3.29. The Kier molecular flexibility index (Phi) is 3.83. The highest BCUT2D eigenvalue weighted by molar-refractivity contribution is 5.09. The fourth-order valence-electron chi connectivity index (χ4n) is 1.46. The predicted molar refractivity (Wildman–Crippen MR) is 56.1 cm³/mol. The van der Waals surface area contributed by atoms with Gasteiger partial charge in [-0.1, -0.05) is 26.7 Å². The molecule has 0 spiro atoms. The number of aromatic nitrogens is 2. The maximum absolute atomic E-state index is 12.9. The monoisotopic (exact) mass is 216 g/mol. The average Bonchev–Trinajstić information content (AvgIpc) is 2.62. The summed E-state index contributed by atoms with van der Waals surface area (Å²) in [6.45, 7) is 4.99. The first kappa shape index (κ1) is 12.1. The number of hydrogen-bond acceptors (Lipinski definition) is 1. The van der Waals surface area contributed by atoms with E-state index < -0.39 is 5.92 Å². The fraction of sp³-hybridized carbons (Fsp3) is 0.727. The number of nitrogens with one attached hydrogen (secondary N) is 1. The summed E-state index contributed by atoms with van der Waals surface area (Å²) in [6.07, 6.45) is 4.43. The first-order valence-electron chi connectivity index (χ1n) is 5.38. The van der Waals surface area contributed by atoms with Crippen LogP contribution in [0.3, 0.4) is 0 Å². The molecule has 1 unspecified atom stereocenters. The van der Waals surface area contributed by atoms with Gasteiger partial charge >= 0.3 is 0 Å². The van der Waals surface area contributed by atoms with Crippen molar-refractivity contribution in [3.05, 3.63) is 17.7 Å². The molecule has 1 aromatic heterocycles. The van der Waals surface area contributed by atoms with Crippen LogP contribution in [0.2, 0.25) is 0 Å². The van der Waals surface area contributed by atoms with Gasteiger partial charge in [0.25, 0.3) is 5.92 Å². The SMILES string of the molecule is CCCCC(C)c1ncc(C(C)(F)F)[nH]1. The Morgan fingerprint density at radius 1 is 1.53 bits per heavy atom. The Hall–Kier alpha value is -0.930. The zero-order chi connectivity index (χ0) is 11.5. The molecular formula is C11H18F2N2. The molecule has 2 nitrogen and oxygen atoms in total. The summed E-state index contributed by atoms with van der Waals surface area (Å²) < 4.78 is 25.8. The average molecular weight is 216 g/mol. The van der Waals surface area contributed by atoms with Crippen LogP contribution in [0, 0.1) is 0 Å². The molecule has 4 heteroatoms. The Morgan fingerprint density at radius 3 is 2.67 bits per heavy atom. The fourth-order valence-corrected chi connectivity index (χ4v) is 1.46. The minimum absolute atomic E-state index is 0.0964. The van der Waals surface area contributed by atoms with Gasteiger partial charge in [-0.15, -0.1) is 0 Å². The summed E-state index contributed by atoms with van der Waals surface area (Å²) in [5, 5.41) is 0. The van der Waals surface area contributed by atoms with E-state index in [-0.39, 0.29) is 11.6 Å². The zero-order valence-electron chi connectivity index (χ0n) is 9.48. The van der Waals surface area contributed by atoms with E-state index in [0.717, 1.165) is 26.2 Å². The van der Waals surface area contributed by atoms with Crippen molar-refractivity contribution in [1.82, 2.24) is 9.97 Å². The van der Waals surface area contributed by atoms with Gasteiger partial charge in [0.15, 0.2) is 0 Å². The standard InChI is InChI=1S/C11H18F2N2/c1-4-5-6-8(2)10-14-7-9(15-10)11(3,12)13/h7-8H,4-6H2,1-3H3,(H,14,15). The first-order valence-corrected chi connectivity index (χ1v) is 5.38. The summed E-state index contributed by atoms with van der Waals surface area (Å²) in [5.74, 6) is -1.93. The molecule has 0 aromatic carbocycles. The van der Waals surface area contributed by atoms with Crippen LogP contribution in [0.25, 0.3) is 0 Å². The molecule has 0 aliphatic heterocycles. The van der Waals surface area contributed by atoms with E-state index in [1.54, 1.807) is 0 Å². The molecule has 1 aromatic rings. The molecule has 0 bridgehead atoms. The molecule has 0 saturated heterocycles. The molecule has 0 aliphatic carbocycles. The first-order chi connectivity index (χ1) is 6.95. The van der Waals surface area contributed by atoms with Crippen molar-refractivity contribution in [2.75, 3.05) is 0 Å². The van der Waals surface area contributed by atoms with E-state index in [1.807, 2.05) is 6.92 Å². The van der Waals surface area contributed by atoms with E-state index >= 15 is 0 Å². The molecule has 0 radical (unpaired) electrons. The second-order valence-electron chi connectivity index (χ2n) is 4.11. The Balaban J connectivity index is 2.67. The molecule has 1 heterocycles. The lowest BCUT2D eigenvalue weighted by molar-refractivity contribution is 0.0130. The third-order valence-electron chi connectivity index (χ3n) is 2.53. The van der Waals surface area contributed by atoms with Crippen LogP contribution in [0.1, 0.15) is 57.5 Å². The van der Waals surface area contributed by atoms with Gasteiger partial charge in [-0.25, -0.2) is 4.98 Å². The van der Waals surface area contributed by atoms with Gasteiger partial charge < -0.3 is 4.98 Å². The Morgan fingerprint density at radius 2 is 2.20 bits per heavy atom. The van der Waals surface area contributed by atoms with Crippen molar-refractivity contribution in [2.24, 2.45) is 0 Å². The van der Waals surface area contributed by atoms with Gasteiger partial charge in [0.2, 0.25) is 0 Å². The quantitative estimate of drug-likeness (QED) is 0.796. The molecule has 0 fully saturated rings. The largest absolute Gasteiger partial charge is 0.341 e. The van der Waals surface area contributed by atoms with E-state index in [9.17, 15) is 8.78 Å². The molecule has 86 valence electrons. The second kappa shape index (κ2) is 4.73. The molecular weight excluding hydrogens is 198 g/mol. The Bertz CT molecular complexity index is 302. The highest BCUT2D eigenvalue weighted by Crippen LogP contribution is 2.27. The van der Waals surface area contributed by atoms with Gasteiger partial charge in [0, 0.05) is 12.8 Å². The number of nitrogens with zero attached hydrogens (tertiary/aromatic N) is 1. The maximum atomic E-state index is 12.9. The Labute approximate surface area is 89.1 Å². The summed E-state index contributed by atoms with van der Waals surface area (Å²) in [5.41, 5.74) is -0.0964. The molecule has 1 N–H and O–H groups in total. The number of imidazole rings is 1. The highest BCUT2D eigenvalue weighted by Gasteiger charge is 2.27. The number of unbranched alkanes of at least 4 members (excludes halogenated alkanes) is 1. The van der Waals surface area contributed by atoms with Gasteiger partial charge in [-0.2, -0.15) is 8.78 Å². The molecule has 15 heavy (non-hydrogen) atoms. The molecule has 1 atom stereocenters. The van der Waals surface area contributed by atoms with Crippen molar-refractivity contribution in [3.63, 3.8) is 0 Å². The van der Waals surface area contributed by atoms with Crippen LogP contribution in [0.5, 0.6) is 0 Å². The molecule has 0 saturated carbocycles. The summed E-state index contributed by atoms with van der Waals surface area (Å²) in [7, 11) is 0. The van der Waals surface area contributed by atoms with Crippen molar-refractivity contribution >= 4 is 0 Å². The van der Waals surface area contributed by atoms with Gasteiger partial charge in [0.05, 0.1) is 6.20 Å². The molecule has 0 amide bonds. The van der Waals surface area contributed by atoms with Crippen LogP contribution in [0.4, 0.5) is 8.78 Å². The van der Waals surface area contributed by atoms with E-state index in [2.05, 4.69) is 16.9 Å². The predicted octanol–water partition coefficient (Wildman–Crippen LogP) is 3.82. The van der Waals surface area contributed by atoms with E-state index in [0.29, 0.717) is 5.82 Å². The van der Waals surface area contributed by atoms with E-state index in [4.69, 9.17) is 0 Å². The minimum Gasteiger partial charge on any atom is -0.341 e. The summed E-state index contributed by atoms with van der Waals surface area (Å²) in [6, 6.07) is 0. The number of alkyl halides is 2. The van der Waals surface area contributed by atoms with Crippen LogP contribution >= 0.6 is 0 Å². The number of halogens is 2. The third-order valence-corrected chi connectivity index (χ3v) is 2.53. The van der Waals surface area contributed by atoms with Crippen molar-refractivity contribution < 1.29 is 8.78 Å². The lowest BCUT2D eigenvalue weighted by Gasteiger charge is -2.08. The number of hydrogen-bond donors (Lipinski definition) is 1. The molecule has 0 aliphatic rings. The van der Waals surface area contributed by atoms with Crippen LogP contribution in [0.15, 0.2) is 6.20 Å². The van der Waals surface area contributed by atoms with E-state index in [1.165, 1.54) is 6.20 Å². The van der Waals surface area contributed by atoms with Gasteiger partial charge in [-0.05, 0) is 6.42 Å². The lowest BCUT2D eigenvalue weighted by Crippen LogP contribution is -2.07. The van der Waals surface area contributed by atoms with Crippen LogP contribution in [-0.2, 0) is 5.92 Å². The number of rotatable bonds is 5. The number of H-pyrrole nitrogens is 1. The topological polar surface area (TPSA) is 28.7 Å². The number of aromatic amines is 1. The second-order valence-corrected chi connectivity index (χ2v) is 4.11. The smallest absolute Gasteiger partial charge is 0.286 e. The zero-order valence-corrected chi connectivity index (χ0v) is 9.48. The van der Waals surface area contributed by atoms with Crippen LogP contribution in [-0.4, -0.2) is 9.97 Å². The van der Waals surface area contributed by atoms with Crippen molar-refractivity contribution in [2.45, 2.75) is 51.9 Å². The maximum Gasteiger partial charge on any atom is 0.286 e. The highest BCUT2D eigenvalue weighted by atomic mass is 19.3. The lowest BCUT2D eigenvalue weighted by atomic mass is 10.0. The van der Waals surface area contributed by atoms with Gasteiger partial charge in [0.1, 0.15) is 11.5 Å². The van der Waals surface area contributed by atoms with Crippen molar-refractivity contribution in [3.8, 4) is 0 Å². The van der Waals surface area contributed by atoms with Gasteiger partial charge in [-0.3, -0.25) is 0 Å². The summed E-state index contributed by atoms with van der Waals surface area (Å²) in [4.78, 5) is 6.70. The van der Waals surface area contributed by atoms with Crippen LogP contribution < -0.4 is 0 Å². The van der Waals surface area contributed by atoms with Crippen molar-refractivity contribution in [1.29, 1.82) is 0 Å². The normalized spacial score (nSPS) is 14.2.